The fourth-order valence-corrected chi connectivity index (χ4v) is 4.49. The van der Waals surface area contributed by atoms with Gasteiger partial charge >= 0.3 is 0 Å². The van der Waals surface area contributed by atoms with Crippen LogP contribution in [0, 0.1) is 5.92 Å². The quantitative estimate of drug-likeness (QED) is 0.534. The number of hydrogen-bond donors (Lipinski definition) is 3. The number of para-hydroxylation sites is 1. The van der Waals surface area contributed by atoms with E-state index in [2.05, 4.69) is 16.0 Å². The predicted octanol–water partition coefficient (Wildman–Crippen LogP) is 3.81. The molecule has 0 saturated heterocycles. The van der Waals surface area contributed by atoms with Crippen molar-refractivity contribution < 1.29 is 14.4 Å². The van der Waals surface area contributed by atoms with Gasteiger partial charge in [-0.1, -0.05) is 67.4 Å². The van der Waals surface area contributed by atoms with E-state index in [1.807, 2.05) is 38.1 Å². The SMILES string of the molecule is CNC(C)C(=O)NC(C(=O)N1CCc2ccccc2C1C(=O)Nc1c(Cl)cccc1Cl)C(C)C. The van der Waals surface area contributed by atoms with E-state index in [-0.39, 0.29) is 17.7 Å². The van der Waals surface area contributed by atoms with Gasteiger partial charge in [-0.25, -0.2) is 0 Å². The van der Waals surface area contributed by atoms with Gasteiger partial charge in [0, 0.05) is 6.54 Å². The van der Waals surface area contributed by atoms with Gasteiger partial charge in [-0.3, -0.25) is 14.4 Å². The molecular weight excluding hydrogens is 475 g/mol. The summed E-state index contributed by atoms with van der Waals surface area (Å²) in [7, 11) is 1.68. The van der Waals surface area contributed by atoms with Crippen molar-refractivity contribution >= 4 is 46.6 Å². The number of halogens is 2. The number of rotatable bonds is 7. The predicted molar refractivity (Wildman–Crippen MR) is 135 cm³/mol. The Bertz CT molecular complexity index is 1060. The Balaban J connectivity index is 1.97. The third-order valence-electron chi connectivity index (χ3n) is 6.08. The lowest BCUT2D eigenvalue weighted by atomic mass is 9.90. The molecule has 0 bridgehead atoms. The highest BCUT2D eigenvalue weighted by molar-refractivity contribution is 6.39. The van der Waals surface area contributed by atoms with E-state index < -0.39 is 24.0 Å². The topological polar surface area (TPSA) is 90.5 Å². The van der Waals surface area contributed by atoms with E-state index in [0.29, 0.717) is 28.7 Å². The van der Waals surface area contributed by atoms with Crippen molar-refractivity contribution in [3.8, 4) is 0 Å². The number of benzene rings is 2. The van der Waals surface area contributed by atoms with Gasteiger partial charge in [0.2, 0.25) is 11.8 Å². The summed E-state index contributed by atoms with van der Waals surface area (Å²) in [5.41, 5.74) is 2.02. The number of anilines is 1. The van der Waals surface area contributed by atoms with Crippen LogP contribution in [0.15, 0.2) is 42.5 Å². The Kier molecular flexibility index (Phi) is 8.57. The highest BCUT2D eigenvalue weighted by Gasteiger charge is 2.40. The van der Waals surface area contributed by atoms with Crippen LogP contribution in [0.5, 0.6) is 0 Å². The second kappa shape index (κ2) is 11.2. The van der Waals surface area contributed by atoms with Gasteiger partial charge < -0.3 is 20.9 Å². The lowest BCUT2D eigenvalue weighted by molar-refractivity contribution is -0.144. The third kappa shape index (κ3) is 5.54. The molecule has 3 unspecified atom stereocenters. The molecule has 3 amide bonds. The van der Waals surface area contributed by atoms with E-state index in [4.69, 9.17) is 23.2 Å². The van der Waals surface area contributed by atoms with Gasteiger partial charge in [0.1, 0.15) is 12.1 Å². The Morgan fingerprint density at radius 3 is 2.26 bits per heavy atom. The summed E-state index contributed by atoms with van der Waals surface area (Å²) < 4.78 is 0. The molecule has 34 heavy (non-hydrogen) atoms. The zero-order valence-electron chi connectivity index (χ0n) is 19.7. The molecule has 0 spiro atoms. The van der Waals surface area contributed by atoms with Crippen LogP contribution in [0.2, 0.25) is 10.0 Å². The zero-order chi connectivity index (χ0) is 25.0. The monoisotopic (exact) mass is 504 g/mol. The van der Waals surface area contributed by atoms with Crippen LogP contribution in [0.1, 0.15) is 37.9 Å². The molecular formula is C25H30Cl2N4O3. The average molecular weight is 505 g/mol. The van der Waals surface area contributed by atoms with Crippen molar-refractivity contribution in [2.45, 2.75) is 45.3 Å². The Morgan fingerprint density at radius 2 is 1.65 bits per heavy atom. The van der Waals surface area contributed by atoms with Crippen LogP contribution in [-0.4, -0.2) is 48.3 Å². The molecule has 3 rings (SSSR count). The van der Waals surface area contributed by atoms with Crippen LogP contribution in [0.3, 0.4) is 0 Å². The number of hydrogen-bond acceptors (Lipinski definition) is 4. The lowest BCUT2D eigenvalue weighted by Gasteiger charge is -2.39. The maximum absolute atomic E-state index is 13.8. The Labute approximate surface area is 210 Å². The largest absolute Gasteiger partial charge is 0.343 e. The van der Waals surface area contributed by atoms with Crippen molar-refractivity contribution in [1.29, 1.82) is 0 Å². The minimum Gasteiger partial charge on any atom is -0.343 e. The molecule has 2 aromatic carbocycles. The minimum atomic E-state index is -0.898. The average Bonchev–Trinajstić information content (AvgIpc) is 2.82. The summed E-state index contributed by atoms with van der Waals surface area (Å²) in [6.07, 6.45) is 0.601. The van der Waals surface area contributed by atoms with Crippen LogP contribution in [-0.2, 0) is 20.8 Å². The normalized spacial score (nSPS) is 17.0. The second-order valence-electron chi connectivity index (χ2n) is 8.71. The van der Waals surface area contributed by atoms with E-state index in [1.165, 1.54) is 4.90 Å². The summed E-state index contributed by atoms with van der Waals surface area (Å²) in [4.78, 5) is 41.4. The van der Waals surface area contributed by atoms with E-state index in [0.717, 1.165) is 11.1 Å². The summed E-state index contributed by atoms with van der Waals surface area (Å²) in [6, 6.07) is 10.4. The first-order valence-corrected chi connectivity index (χ1v) is 12.0. The van der Waals surface area contributed by atoms with Crippen LogP contribution in [0.25, 0.3) is 0 Å². The molecule has 1 heterocycles. The smallest absolute Gasteiger partial charge is 0.251 e. The van der Waals surface area contributed by atoms with Crippen molar-refractivity contribution in [1.82, 2.24) is 15.5 Å². The molecule has 1 aliphatic rings. The minimum absolute atomic E-state index is 0.181. The number of carbonyl (C=O) groups excluding carboxylic acids is 3. The maximum Gasteiger partial charge on any atom is 0.251 e. The van der Waals surface area contributed by atoms with Crippen LogP contribution >= 0.6 is 23.2 Å². The van der Waals surface area contributed by atoms with Crippen molar-refractivity contribution in [3.63, 3.8) is 0 Å². The van der Waals surface area contributed by atoms with E-state index in [1.54, 1.807) is 32.2 Å². The lowest BCUT2D eigenvalue weighted by Crippen LogP contribution is -2.57. The van der Waals surface area contributed by atoms with Crippen LogP contribution < -0.4 is 16.0 Å². The molecule has 0 aliphatic carbocycles. The van der Waals surface area contributed by atoms with Crippen LogP contribution in [0.4, 0.5) is 5.69 Å². The van der Waals surface area contributed by atoms with Gasteiger partial charge in [0.05, 0.1) is 21.8 Å². The molecule has 3 atom stereocenters. The van der Waals surface area contributed by atoms with Gasteiger partial charge in [0.25, 0.3) is 5.91 Å². The highest BCUT2D eigenvalue weighted by Crippen LogP contribution is 2.35. The molecule has 0 fully saturated rings. The van der Waals surface area contributed by atoms with Gasteiger partial charge in [-0.2, -0.15) is 0 Å². The molecule has 3 N–H and O–H groups in total. The first kappa shape index (κ1) is 26.0. The summed E-state index contributed by atoms with van der Waals surface area (Å²) >= 11 is 12.5. The van der Waals surface area contributed by atoms with E-state index in [9.17, 15) is 14.4 Å². The summed E-state index contributed by atoms with van der Waals surface area (Å²) in [5, 5.41) is 9.15. The van der Waals surface area contributed by atoms with Crippen molar-refractivity contribution in [2.75, 3.05) is 18.9 Å². The molecule has 0 radical (unpaired) electrons. The van der Waals surface area contributed by atoms with Crippen molar-refractivity contribution in [3.05, 3.63) is 63.6 Å². The fraction of sp³-hybridized carbons (Fsp3) is 0.400. The van der Waals surface area contributed by atoms with Gasteiger partial charge in [0.15, 0.2) is 0 Å². The molecule has 1 aliphatic heterocycles. The first-order chi connectivity index (χ1) is 16.1. The molecule has 9 heteroatoms. The molecule has 0 saturated carbocycles. The first-order valence-electron chi connectivity index (χ1n) is 11.3. The van der Waals surface area contributed by atoms with Gasteiger partial charge in [-0.15, -0.1) is 0 Å². The zero-order valence-corrected chi connectivity index (χ0v) is 21.2. The summed E-state index contributed by atoms with van der Waals surface area (Å²) in [6.45, 7) is 5.79. The second-order valence-corrected chi connectivity index (χ2v) is 9.52. The van der Waals surface area contributed by atoms with Crippen molar-refractivity contribution in [2.24, 2.45) is 5.92 Å². The van der Waals surface area contributed by atoms with E-state index >= 15 is 0 Å². The Morgan fingerprint density at radius 1 is 1.00 bits per heavy atom. The number of carbonyl (C=O) groups is 3. The maximum atomic E-state index is 13.8. The molecule has 2 aromatic rings. The number of nitrogens with one attached hydrogen (secondary N) is 3. The van der Waals surface area contributed by atoms with Gasteiger partial charge in [-0.05, 0) is 49.6 Å². The molecule has 182 valence electrons. The molecule has 7 nitrogen and oxygen atoms in total. The third-order valence-corrected chi connectivity index (χ3v) is 6.71. The number of amides is 3. The number of nitrogens with zero attached hydrogens (tertiary/aromatic N) is 1. The Hall–Kier alpha value is -2.61. The highest BCUT2D eigenvalue weighted by atomic mass is 35.5. The summed E-state index contributed by atoms with van der Waals surface area (Å²) in [5.74, 6) is -1.20. The standard InChI is InChI=1S/C25H30Cl2N4O3/c1-14(2)20(29-23(32)15(3)28-4)25(34)31-13-12-16-8-5-6-9-17(16)22(31)24(33)30-21-18(26)10-7-11-19(21)27/h5-11,14-15,20,22,28H,12-13H2,1-4H3,(H,29,32)(H,30,33). The fourth-order valence-electron chi connectivity index (χ4n) is 4.00. The number of fused-ring (bicyclic) bond motifs is 1. The molecule has 0 aromatic heterocycles. The number of likely N-dealkylation sites (N-methyl/N-ethyl adjacent to an activating group) is 1.